The number of nitrogens with zero attached hydrogens (tertiary/aromatic N) is 2. The molecule has 0 unspecified atom stereocenters. The molecule has 0 saturated carbocycles. The number of ketones is 1. The molecule has 0 radical (unpaired) electrons. The van der Waals surface area contributed by atoms with Gasteiger partial charge in [-0.25, -0.2) is 4.98 Å². The minimum Gasteiger partial charge on any atom is -0.395 e. The van der Waals surface area contributed by atoms with Gasteiger partial charge in [-0.1, -0.05) is 12.1 Å². The van der Waals surface area contributed by atoms with Gasteiger partial charge in [-0.15, -0.1) is 0 Å². The second-order valence-corrected chi connectivity index (χ2v) is 4.71. The fraction of sp³-hybridized carbons (Fsp3) is 0.200. The molecule has 23 heavy (non-hydrogen) atoms. The second kappa shape index (κ2) is 7.32. The summed E-state index contributed by atoms with van der Waals surface area (Å²) in [4.78, 5) is 39.4. The summed E-state index contributed by atoms with van der Waals surface area (Å²) in [6, 6.07) is 6.22. The van der Waals surface area contributed by atoms with Crippen LogP contribution in [-0.4, -0.2) is 45.4 Å². The Kier molecular flexibility index (Phi) is 5.21. The summed E-state index contributed by atoms with van der Waals surface area (Å²) in [5, 5.41) is 13.2. The van der Waals surface area contributed by atoms with Gasteiger partial charge in [-0.2, -0.15) is 0 Å². The standard InChI is InChI=1S/C15H16N4O4/c1-19-7-5-16-13(19)12(21)10-3-2-4-11(9-10)18-15(23)14(22)17-6-8-20/h2-5,7,9,20H,6,8H2,1H3,(H,17,22)(H,18,23). The van der Waals surface area contributed by atoms with Crippen molar-refractivity contribution in [3.63, 3.8) is 0 Å². The van der Waals surface area contributed by atoms with Gasteiger partial charge in [0, 0.05) is 37.2 Å². The minimum atomic E-state index is -0.875. The molecule has 0 bridgehead atoms. The minimum absolute atomic E-state index is 0.00998. The molecule has 0 atom stereocenters. The van der Waals surface area contributed by atoms with Crippen LogP contribution in [0.5, 0.6) is 0 Å². The normalized spacial score (nSPS) is 10.2. The van der Waals surface area contributed by atoms with E-state index in [1.54, 1.807) is 36.0 Å². The van der Waals surface area contributed by atoms with Gasteiger partial charge >= 0.3 is 11.8 Å². The number of carbonyl (C=O) groups excluding carboxylic acids is 3. The number of aromatic nitrogens is 2. The Bertz CT molecular complexity index is 739. The van der Waals surface area contributed by atoms with Crippen LogP contribution in [-0.2, 0) is 16.6 Å². The summed E-state index contributed by atoms with van der Waals surface area (Å²) in [7, 11) is 1.71. The molecule has 1 aromatic carbocycles. The van der Waals surface area contributed by atoms with Crippen LogP contribution < -0.4 is 10.6 Å². The maximum atomic E-state index is 12.3. The highest BCUT2D eigenvalue weighted by molar-refractivity contribution is 6.39. The molecular formula is C15H16N4O4. The molecule has 0 aliphatic carbocycles. The number of benzene rings is 1. The molecule has 1 aromatic heterocycles. The van der Waals surface area contributed by atoms with E-state index in [2.05, 4.69) is 15.6 Å². The molecule has 120 valence electrons. The van der Waals surface area contributed by atoms with Crippen molar-refractivity contribution >= 4 is 23.3 Å². The van der Waals surface area contributed by atoms with Crippen LogP contribution in [0.3, 0.4) is 0 Å². The van der Waals surface area contributed by atoms with Crippen molar-refractivity contribution < 1.29 is 19.5 Å². The third kappa shape index (κ3) is 4.01. The fourth-order valence-corrected chi connectivity index (χ4v) is 1.89. The molecule has 0 aliphatic rings. The Morgan fingerprint density at radius 1 is 1.26 bits per heavy atom. The first-order valence-electron chi connectivity index (χ1n) is 6.85. The van der Waals surface area contributed by atoms with Crippen LogP contribution in [0.4, 0.5) is 5.69 Å². The van der Waals surface area contributed by atoms with E-state index in [1.165, 1.54) is 12.3 Å². The Labute approximate surface area is 132 Å². The number of imidazole rings is 1. The first kappa shape index (κ1) is 16.4. The summed E-state index contributed by atoms with van der Waals surface area (Å²) >= 11 is 0. The molecule has 0 spiro atoms. The van der Waals surface area contributed by atoms with E-state index in [0.717, 1.165) is 0 Å². The van der Waals surface area contributed by atoms with E-state index >= 15 is 0 Å². The lowest BCUT2D eigenvalue weighted by molar-refractivity contribution is -0.136. The number of hydrogen-bond acceptors (Lipinski definition) is 5. The van der Waals surface area contributed by atoms with Crippen molar-refractivity contribution in [3.8, 4) is 0 Å². The number of aliphatic hydroxyl groups excluding tert-OH is 1. The van der Waals surface area contributed by atoms with Crippen LogP contribution in [0, 0.1) is 0 Å². The lowest BCUT2D eigenvalue weighted by Gasteiger charge is -2.07. The van der Waals surface area contributed by atoms with Crippen LogP contribution in [0.15, 0.2) is 36.7 Å². The Morgan fingerprint density at radius 2 is 2.04 bits per heavy atom. The van der Waals surface area contributed by atoms with Crippen LogP contribution in [0.2, 0.25) is 0 Å². The highest BCUT2D eigenvalue weighted by atomic mass is 16.3. The Balaban J connectivity index is 2.11. The molecule has 8 heteroatoms. The van der Waals surface area contributed by atoms with E-state index < -0.39 is 11.8 Å². The summed E-state index contributed by atoms with van der Waals surface area (Å²) in [5.74, 6) is -1.76. The highest BCUT2D eigenvalue weighted by Crippen LogP contribution is 2.14. The first-order valence-corrected chi connectivity index (χ1v) is 6.85. The van der Waals surface area contributed by atoms with E-state index in [4.69, 9.17) is 5.11 Å². The molecule has 2 rings (SSSR count). The second-order valence-electron chi connectivity index (χ2n) is 4.71. The van der Waals surface area contributed by atoms with Gasteiger partial charge in [0.1, 0.15) is 0 Å². The zero-order valence-corrected chi connectivity index (χ0v) is 12.4. The van der Waals surface area contributed by atoms with Gasteiger partial charge in [0.2, 0.25) is 5.78 Å². The van der Waals surface area contributed by atoms with Crippen LogP contribution in [0.1, 0.15) is 16.2 Å². The highest BCUT2D eigenvalue weighted by Gasteiger charge is 2.16. The fourth-order valence-electron chi connectivity index (χ4n) is 1.89. The number of amides is 2. The van der Waals surface area contributed by atoms with Crippen molar-refractivity contribution in [2.45, 2.75) is 0 Å². The van der Waals surface area contributed by atoms with Crippen molar-refractivity contribution in [1.29, 1.82) is 0 Å². The molecule has 3 N–H and O–H groups in total. The van der Waals surface area contributed by atoms with Gasteiger partial charge < -0.3 is 20.3 Å². The average Bonchev–Trinajstić information content (AvgIpc) is 2.98. The summed E-state index contributed by atoms with van der Waals surface area (Å²) in [6.07, 6.45) is 3.18. The Hall–Kier alpha value is -3.00. The van der Waals surface area contributed by atoms with Crippen molar-refractivity contribution in [1.82, 2.24) is 14.9 Å². The number of rotatable bonds is 5. The van der Waals surface area contributed by atoms with Crippen LogP contribution in [0.25, 0.3) is 0 Å². The topological polar surface area (TPSA) is 113 Å². The average molecular weight is 316 g/mol. The third-order valence-corrected chi connectivity index (χ3v) is 3.01. The molecule has 0 fully saturated rings. The number of aliphatic hydroxyl groups is 1. The summed E-state index contributed by atoms with van der Waals surface area (Å²) < 4.78 is 1.59. The Morgan fingerprint density at radius 3 is 2.70 bits per heavy atom. The lowest BCUT2D eigenvalue weighted by Crippen LogP contribution is -2.36. The molecular weight excluding hydrogens is 300 g/mol. The van der Waals surface area contributed by atoms with E-state index in [-0.39, 0.29) is 24.8 Å². The van der Waals surface area contributed by atoms with Crippen molar-refractivity contribution in [2.75, 3.05) is 18.5 Å². The predicted octanol–water partition coefficient (Wildman–Crippen LogP) is -0.302. The molecule has 0 aliphatic heterocycles. The summed E-state index contributed by atoms with van der Waals surface area (Å²) in [6.45, 7) is -0.267. The van der Waals surface area contributed by atoms with E-state index in [1.807, 2.05) is 0 Å². The number of aryl methyl sites for hydroxylation is 1. The van der Waals surface area contributed by atoms with Crippen molar-refractivity contribution in [2.24, 2.45) is 7.05 Å². The molecule has 2 aromatic rings. The number of carbonyl (C=O) groups is 3. The zero-order valence-electron chi connectivity index (χ0n) is 12.4. The molecule has 2 amide bonds. The monoisotopic (exact) mass is 316 g/mol. The largest absolute Gasteiger partial charge is 0.395 e. The van der Waals surface area contributed by atoms with Gasteiger partial charge in [0.05, 0.1) is 6.61 Å². The SMILES string of the molecule is Cn1ccnc1C(=O)c1cccc(NC(=O)C(=O)NCCO)c1. The lowest BCUT2D eigenvalue weighted by atomic mass is 10.1. The maximum absolute atomic E-state index is 12.3. The van der Waals surface area contributed by atoms with E-state index in [9.17, 15) is 14.4 Å². The van der Waals surface area contributed by atoms with Crippen molar-refractivity contribution in [3.05, 3.63) is 48.0 Å². The predicted molar refractivity (Wildman–Crippen MR) is 81.8 cm³/mol. The van der Waals surface area contributed by atoms with Gasteiger partial charge in [0.15, 0.2) is 5.82 Å². The smallest absolute Gasteiger partial charge is 0.313 e. The number of hydrogen-bond donors (Lipinski definition) is 3. The van der Waals surface area contributed by atoms with E-state index in [0.29, 0.717) is 11.3 Å². The summed E-state index contributed by atoms with van der Waals surface area (Å²) in [5.41, 5.74) is 0.655. The molecule has 1 heterocycles. The number of anilines is 1. The van der Waals surface area contributed by atoms with Gasteiger partial charge in [0.25, 0.3) is 0 Å². The quantitative estimate of drug-likeness (QED) is 0.518. The van der Waals surface area contributed by atoms with Crippen LogP contribution >= 0.6 is 0 Å². The molecule has 0 saturated heterocycles. The number of nitrogens with one attached hydrogen (secondary N) is 2. The van der Waals surface area contributed by atoms with Gasteiger partial charge in [-0.3, -0.25) is 14.4 Å². The molecule has 8 nitrogen and oxygen atoms in total. The maximum Gasteiger partial charge on any atom is 0.313 e. The first-order chi connectivity index (χ1) is 11.0. The zero-order chi connectivity index (χ0) is 16.8. The third-order valence-electron chi connectivity index (χ3n) is 3.01. The van der Waals surface area contributed by atoms with Gasteiger partial charge in [-0.05, 0) is 12.1 Å².